The third-order valence-corrected chi connectivity index (χ3v) is 5.93. The number of ether oxygens (including phenoxy) is 1. The van der Waals surface area contributed by atoms with Gasteiger partial charge in [0.2, 0.25) is 0 Å². The summed E-state index contributed by atoms with van der Waals surface area (Å²) in [6.45, 7) is 3.75. The molecule has 2 fully saturated rings. The maximum atomic E-state index is 13.2. The highest BCUT2D eigenvalue weighted by Gasteiger charge is 2.44. The number of aromatic nitrogens is 2. The van der Waals surface area contributed by atoms with Gasteiger partial charge in [-0.25, -0.2) is 14.4 Å². The van der Waals surface area contributed by atoms with Crippen LogP contribution in [0.25, 0.3) is 0 Å². The average Bonchev–Trinajstić information content (AvgIpc) is 3.12. The molecular weight excluding hydrogens is 359 g/mol. The van der Waals surface area contributed by atoms with Crippen LogP contribution in [-0.4, -0.2) is 59.2 Å². The fraction of sp³-hybridized carbons (Fsp3) is 0.476. The second kappa shape index (κ2) is 7.47. The first-order chi connectivity index (χ1) is 13.5. The summed E-state index contributed by atoms with van der Waals surface area (Å²) in [4.78, 5) is 25.0. The molecular formula is C21H25FN4O2. The van der Waals surface area contributed by atoms with Gasteiger partial charge in [0.15, 0.2) is 0 Å². The molecule has 1 spiro atoms. The van der Waals surface area contributed by atoms with Crippen LogP contribution < -0.4 is 4.90 Å². The van der Waals surface area contributed by atoms with Crippen molar-refractivity contribution in [2.24, 2.45) is 0 Å². The molecule has 6 nitrogen and oxygen atoms in total. The molecule has 0 unspecified atom stereocenters. The highest BCUT2D eigenvalue weighted by molar-refractivity contribution is 5.92. The predicted molar refractivity (Wildman–Crippen MR) is 104 cm³/mol. The molecule has 1 atom stereocenters. The number of benzene rings is 1. The molecule has 2 aliphatic heterocycles. The molecule has 0 radical (unpaired) electrons. The Morgan fingerprint density at radius 3 is 2.64 bits per heavy atom. The Labute approximate surface area is 164 Å². The van der Waals surface area contributed by atoms with Crippen LogP contribution >= 0.6 is 0 Å². The van der Waals surface area contributed by atoms with Crippen molar-refractivity contribution in [3.63, 3.8) is 0 Å². The van der Waals surface area contributed by atoms with Crippen LogP contribution in [0.4, 0.5) is 10.1 Å². The Kier molecular flexibility index (Phi) is 5.02. The summed E-state index contributed by atoms with van der Waals surface area (Å²) in [5.74, 6) is 0.329. The molecule has 4 rings (SSSR count). The number of nitrogens with zero attached hydrogens (tertiary/aromatic N) is 4. The zero-order chi connectivity index (χ0) is 19.7. The van der Waals surface area contributed by atoms with Gasteiger partial charge in [-0.05, 0) is 56.5 Å². The summed E-state index contributed by atoms with van der Waals surface area (Å²) in [6, 6.07) is 8.47. The molecule has 0 N–H and O–H groups in total. The van der Waals surface area contributed by atoms with Crippen molar-refractivity contribution in [2.45, 2.75) is 37.8 Å². The Bertz CT molecular complexity index is 850. The standard InChI is InChI=1S/C21H25FN4O2/c1-15-23-10-7-19(24-15)20(27)26-11-8-21(9-12-26)13-18(14-28-21)25(2)17-5-3-16(22)4-6-17/h3-7,10,18H,8-9,11-14H2,1-2H3/t18-/m0/s1. The second-order valence-corrected chi connectivity index (χ2v) is 7.72. The van der Waals surface area contributed by atoms with Crippen molar-refractivity contribution in [1.29, 1.82) is 0 Å². The molecule has 3 heterocycles. The lowest BCUT2D eigenvalue weighted by molar-refractivity contribution is -0.0389. The van der Waals surface area contributed by atoms with Crippen LogP contribution in [0.5, 0.6) is 0 Å². The van der Waals surface area contributed by atoms with E-state index in [0.717, 1.165) is 24.9 Å². The lowest BCUT2D eigenvalue weighted by atomic mass is 9.87. The number of likely N-dealkylation sites (tertiary alicyclic amines) is 1. The van der Waals surface area contributed by atoms with Crippen LogP contribution in [-0.2, 0) is 4.74 Å². The number of piperidine rings is 1. The highest BCUT2D eigenvalue weighted by Crippen LogP contribution is 2.38. The number of hydrogen-bond donors (Lipinski definition) is 0. The van der Waals surface area contributed by atoms with Gasteiger partial charge in [0.1, 0.15) is 17.3 Å². The first-order valence-corrected chi connectivity index (χ1v) is 9.67. The number of anilines is 1. The summed E-state index contributed by atoms with van der Waals surface area (Å²) in [7, 11) is 2.02. The van der Waals surface area contributed by atoms with Crippen LogP contribution in [0.1, 0.15) is 35.6 Å². The molecule has 0 aliphatic carbocycles. The maximum absolute atomic E-state index is 13.2. The van der Waals surface area contributed by atoms with Crippen molar-refractivity contribution in [2.75, 3.05) is 31.6 Å². The van der Waals surface area contributed by atoms with E-state index in [1.54, 1.807) is 31.3 Å². The van der Waals surface area contributed by atoms with Crippen LogP contribution in [0.15, 0.2) is 36.5 Å². The van der Waals surface area contributed by atoms with Crippen molar-refractivity contribution < 1.29 is 13.9 Å². The number of aryl methyl sites for hydroxylation is 1. The smallest absolute Gasteiger partial charge is 0.272 e. The number of carbonyl (C=O) groups is 1. The molecule has 28 heavy (non-hydrogen) atoms. The monoisotopic (exact) mass is 384 g/mol. The summed E-state index contributed by atoms with van der Waals surface area (Å²) in [5, 5.41) is 0. The van der Waals surface area contributed by atoms with Gasteiger partial charge >= 0.3 is 0 Å². The fourth-order valence-corrected chi connectivity index (χ4v) is 4.16. The lowest BCUT2D eigenvalue weighted by Gasteiger charge is -2.39. The van der Waals surface area contributed by atoms with E-state index in [-0.39, 0.29) is 23.4 Å². The van der Waals surface area contributed by atoms with Gasteiger partial charge in [-0.2, -0.15) is 0 Å². The molecule has 1 aromatic carbocycles. The maximum Gasteiger partial charge on any atom is 0.272 e. The van der Waals surface area contributed by atoms with Gasteiger partial charge in [0.25, 0.3) is 5.91 Å². The number of amides is 1. The topological polar surface area (TPSA) is 58.6 Å². The minimum absolute atomic E-state index is 0.0432. The highest BCUT2D eigenvalue weighted by atomic mass is 19.1. The molecule has 1 aromatic heterocycles. The number of halogens is 1. The van der Waals surface area contributed by atoms with E-state index < -0.39 is 0 Å². The van der Waals surface area contributed by atoms with E-state index in [4.69, 9.17) is 4.74 Å². The molecule has 148 valence electrons. The van der Waals surface area contributed by atoms with E-state index in [1.807, 2.05) is 11.9 Å². The molecule has 0 saturated carbocycles. The fourth-order valence-electron chi connectivity index (χ4n) is 4.16. The molecule has 0 bridgehead atoms. The van der Waals surface area contributed by atoms with E-state index in [1.165, 1.54) is 12.1 Å². The van der Waals surface area contributed by atoms with Gasteiger partial charge in [-0.1, -0.05) is 0 Å². The van der Waals surface area contributed by atoms with Gasteiger partial charge < -0.3 is 14.5 Å². The van der Waals surface area contributed by atoms with Crippen LogP contribution in [0, 0.1) is 12.7 Å². The molecule has 1 amide bonds. The van der Waals surface area contributed by atoms with Crippen molar-refractivity contribution in [1.82, 2.24) is 14.9 Å². The van der Waals surface area contributed by atoms with Gasteiger partial charge in [0, 0.05) is 32.0 Å². The summed E-state index contributed by atoms with van der Waals surface area (Å²) in [6.07, 6.45) is 4.17. The van der Waals surface area contributed by atoms with Gasteiger partial charge in [-0.3, -0.25) is 4.79 Å². The van der Waals surface area contributed by atoms with E-state index in [2.05, 4.69) is 14.9 Å². The van der Waals surface area contributed by atoms with E-state index in [0.29, 0.717) is 31.2 Å². The SMILES string of the molecule is Cc1nccc(C(=O)N2CCC3(CC2)C[C@H](N(C)c2ccc(F)cc2)CO3)n1. The largest absolute Gasteiger partial charge is 0.373 e. The summed E-state index contributed by atoms with van der Waals surface area (Å²) < 4.78 is 19.4. The zero-order valence-electron chi connectivity index (χ0n) is 16.3. The van der Waals surface area contributed by atoms with Gasteiger partial charge in [0.05, 0.1) is 18.2 Å². The summed E-state index contributed by atoms with van der Waals surface area (Å²) in [5.41, 5.74) is 1.25. The molecule has 2 aromatic rings. The van der Waals surface area contributed by atoms with E-state index >= 15 is 0 Å². The first-order valence-electron chi connectivity index (χ1n) is 9.67. The average molecular weight is 384 g/mol. The Morgan fingerprint density at radius 1 is 1.25 bits per heavy atom. The Morgan fingerprint density at radius 2 is 1.96 bits per heavy atom. The summed E-state index contributed by atoms with van der Waals surface area (Å²) >= 11 is 0. The number of rotatable bonds is 3. The van der Waals surface area contributed by atoms with Crippen molar-refractivity contribution in [3.05, 3.63) is 53.9 Å². The quantitative estimate of drug-likeness (QED) is 0.815. The Hall–Kier alpha value is -2.54. The Balaban J connectivity index is 1.37. The predicted octanol–water partition coefficient (Wildman–Crippen LogP) is 2.82. The second-order valence-electron chi connectivity index (χ2n) is 7.72. The van der Waals surface area contributed by atoms with Crippen LogP contribution in [0.2, 0.25) is 0 Å². The van der Waals surface area contributed by atoms with Crippen LogP contribution in [0.3, 0.4) is 0 Å². The van der Waals surface area contributed by atoms with Crippen molar-refractivity contribution in [3.8, 4) is 0 Å². The number of likely N-dealkylation sites (N-methyl/N-ethyl adjacent to an activating group) is 1. The third-order valence-electron chi connectivity index (χ3n) is 5.93. The normalized spacial score (nSPS) is 21.1. The first kappa shape index (κ1) is 18.8. The molecule has 2 saturated heterocycles. The molecule has 2 aliphatic rings. The lowest BCUT2D eigenvalue weighted by Crippen LogP contribution is -2.47. The van der Waals surface area contributed by atoms with E-state index in [9.17, 15) is 9.18 Å². The minimum Gasteiger partial charge on any atom is -0.373 e. The van der Waals surface area contributed by atoms with Crippen molar-refractivity contribution >= 4 is 11.6 Å². The number of carbonyl (C=O) groups excluding carboxylic acids is 1. The molecule has 7 heteroatoms. The third kappa shape index (κ3) is 3.71. The number of hydrogen-bond acceptors (Lipinski definition) is 5. The minimum atomic E-state index is -0.229. The zero-order valence-corrected chi connectivity index (χ0v) is 16.3. The van der Waals surface area contributed by atoms with Gasteiger partial charge in [-0.15, -0.1) is 0 Å².